The third-order valence-electron chi connectivity index (χ3n) is 5.10. The van der Waals surface area contributed by atoms with E-state index < -0.39 is 9.84 Å². The van der Waals surface area contributed by atoms with Crippen LogP contribution in [0.15, 0.2) is 0 Å². The molecule has 2 aliphatic carbocycles. The number of hydrogen-bond donors (Lipinski definition) is 1. The maximum Gasteiger partial charge on any atom is 0.151 e. The summed E-state index contributed by atoms with van der Waals surface area (Å²) in [6.45, 7) is 1.49. The van der Waals surface area contributed by atoms with Gasteiger partial charge in [0.15, 0.2) is 9.84 Å². The van der Waals surface area contributed by atoms with Crippen LogP contribution in [0.3, 0.4) is 0 Å². The molecule has 2 unspecified atom stereocenters. The SMILES string of the molecule is N#CC1(NC2CC2)CCCC(N2CCCS(=O)(=O)CC2)C1. The fourth-order valence-electron chi connectivity index (χ4n) is 3.76. The Morgan fingerprint density at radius 3 is 2.67 bits per heavy atom. The lowest BCUT2D eigenvalue weighted by atomic mass is 9.79. The number of nitriles is 1. The molecule has 118 valence electrons. The third-order valence-corrected chi connectivity index (χ3v) is 6.82. The van der Waals surface area contributed by atoms with Crippen molar-refractivity contribution in [3.8, 4) is 6.07 Å². The van der Waals surface area contributed by atoms with E-state index in [4.69, 9.17) is 0 Å². The van der Waals surface area contributed by atoms with Gasteiger partial charge in [0.25, 0.3) is 0 Å². The number of rotatable bonds is 3. The maximum absolute atomic E-state index is 11.7. The van der Waals surface area contributed by atoms with Crippen LogP contribution in [-0.4, -0.2) is 55.5 Å². The normalized spacial score (nSPS) is 37.6. The molecule has 5 nitrogen and oxygen atoms in total. The van der Waals surface area contributed by atoms with Crippen molar-refractivity contribution >= 4 is 9.84 Å². The molecule has 1 saturated heterocycles. The third kappa shape index (κ3) is 3.77. The van der Waals surface area contributed by atoms with Gasteiger partial charge in [-0.05, 0) is 51.5 Å². The number of nitrogens with one attached hydrogen (secondary N) is 1. The standard InChI is InChI=1S/C15H25N3O2S/c16-12-15(17-13-4-5-13)6-1-3-14(11-15)18-7-2-9-21(19,20)10-8-18/h13-14,17H,1-11H2. The molecule has 21 heavy (non-hydrogen) atoms. The fraction of sp³-hybridized carbons (Fsp3) is 0.933. The maximum atomic E-state index is 11.7. The van der Waals surface area contributed by atoms with Crippen molar-refractivity contribution in [1.82, 2.24) is 10.2 Å². The second kappa shape index (κ2) is 5.86. The molecule has 3 rings (SSSR count). The van der Waals surface area contributed by atoms with Gasteiger partial charge in [0.1, 0.15) is 5.54 Å². The van der Waals surface area contributed by atoms with Crippen molar-refractivity contribution in [3.05, 3.63) is 0 Å². The van der Waals surface area contributed by atoms with Crippen LogP contribution in [-0.2, 0) is 9.84 Å². The smallest absolute Gasteiger partial charge is 0.151 e. The Morgan fingerprint density at radius 1 is 1.14 bits per heavy atom. The summed E-state index contributed by atoms with van der Waals surface area (Å²) in [5.41, 5.74) is -0.380. The highest BCUT2D eigenvalue weighted by Crippen LogP contribution is 2.34. The Hall–Kier alpha value is -0.640. The van der Waals surface area contributed by atoms with Crippen molar-refractivity contribution in [2.24, 2.45) is 0 Å². The summed E-state index contributed by atoms with van der Waals surface area (Å²) in [6, 6.07) is 3.43. The molecule has 1 aliphatic heterocycles. The summed E-state index contributed by atoms with van der Waals surface area (Å²) in [7, 11) is -2.86. The van der Waals surface area contributed by atoms with Gasteiger partial charge in [-0.1, -0.05) is 0 Å². The molecule has 1 heterocycles. The molecular formula is C15H25N3O2S. The van der Waals surface area contributed by atoms with Crippen molar-refractivity contribution < 1.29 is 8.42 Å². The second-order valence-corrected chi connectivity index (χ2v) is 9.21. The van der Waals surface area contributed by atoms with Crippen LogP contribution in [0.25, 0.3) is 0 Å². The molecule has 0 aromatic heterocycles. The van der Waals surface area contributed by atoms with E-state index in [0.717, 1.165) is 38.6 Å². The van der Waals surface area contributed by atoms with E-state index in [1.165, 1.54) is 12.8 Å². The van der Waals surface area contributed by atoms with E-state index in [0.29, 0.717) is 24.4 Å². The van der Waals surface area contributed by atoms with Crippen LogP contribution >= 0.6 is 0 Å². The minimum atomic E-state index is -2.86. The second-order valence-electron chi connectivity index (χ2n) is 6.90. The van der Waals surface area contributed by atoms with Gasteiger partial charge in [-0.2, -0.15) is 5.26 Å². The van der Waals surface area contributed by atoms with Crippen LogP contribution in [0.1, 0.15) is 44.9 Å². The zero-order valence-corrected chi connectivity index (χ0v) is 13.4. The highest BCUT2D eigenvalue weighted by atomic mass is 32.2. The van der Waals surface area contributed by atoms with Crippen LogP contribution in [0.4, 0.5) is 0 Å². The molecule has 2 atom stereocenters. The van der Waals surface area contributed by atoms with Gasteiger partial charge in [0.05, 0.1) is 17.6 Å². The molecule has 0 aromatic carbocycles. The first-order valence-electron chi connectivity index (χ1n) is 8.15. The lowest BCUT2D eigenvalue weighted by molar-refractivity contribution is 0.126. The van der Waals surface area contributed by atoms with Crippen LogP contribution in [0.5, 0.6) is 0 Å². The fourth-order valence-corrected chi connectivity index (χ4v) is 5.05. The Kier molecular flexibility index (Phi) is 4.26. The lowest BCUT2D eigenvalue weighted by Gasteiger charge is -2.41. The van der Waals surface area contributed by atoms with Crippen molar-refractivity contribution in [2.45, 2.75) is 62.6 Å². The molecule has 0 bridgehead atoms. The van der Waals surface area contributed by atoms with Crippen molar-refractivity contribution in [2.75, 3.05) is 24.6 Å². The van der Waals surface area contributed by atoms with Gasteiger partial charge in [-0.15, -0.1) is 0 Å². The zero-order valence-electron chi connectivity index (χ0n) is 12.6. The molecular weight excluding hydrogens is 286 g/mol. The van der Waals surface area contributed by atoms with Crippen LogP contribution in [0.2, 0.25) is 0 Å². The molecule has 0 aromatic rings. The summed E-state index contributed by atoms with van der Waals surface area (Å²) >= 11 is 0. The first kappa shape index (κ1) is 15.3. The minimum absolute atomic E-state index is 0.277. The van der Waals surface area contributed by atoms with Gasteiger partial charge < -0.3 is 0 Å². The Bertz CT molecular complexity index is 524. The molecule has 6 heteroatoms. The molecule has 0 spiro atoms. The van der Waals surface area contributed by atoms with Crippen LogP contribution in [0, 0.1) is 11.3 Å². The highest BCUT2D eigenvalue weighted by Gasteiger charge is 2.42. The number of hydrogen-bond acceptors (Lipinski definition) is 5. The van der Waals surface area contributed by atoms with Crippen molar-refractivity contribution in [3.63, 3.8) is 0 Å². The van der Waals surface area contributed by atoms with Gasteiger partial charge >= 0.3 is 0 Å². The first-order chi connectivity index (χ1) is 10.0. The zero-order chi connectivity index (χ0) is 14.9. The van der Waals surface area contributed by atoms with Crippen molar-refractivity contribution in [1.29, 1.82) is 5.26 Å². The lowest BCUT2D eigenvalue weighted by Crippen LogP contribution is -2.53. The predicted octanol–water partition coefficient (Wildman–Crippen LogP) is 1.06. The molecule has 3 aliphatic rings. The summed E-state index contributed by atoms with van der Waals surface area (Å²) < 4.78 is 23.5. The first-order valence-corrected chi connectivity index (χ1v) is 9.98. The Morgan fingerprint density at radius 2 is 1.95 bits per heavy atom. The average molecular weight is 311 g/mol. The van der Waals surface area contributed by atoms with Gasteiger partial charge in [-0.25, -0.2) is 8.42 Å². The summed E-state index contributed by atoms with van der Waals surface area (Å²) in [5, 5.41) is 13.2. The monoisotopic (exact) mass is 311 g/mol. The predicted molar refractivity (Wildman–Crippen MR) is 81.6 cm³/mol. The Balaban J connectivity index is 1.66. The number of nitrogens with zero attached hydrogens (tertiary/aromatic N) is 2. The van der Waals surface area contributed by atoms with Gasteiger partial charge in [0.2, 0.25) is 0 Å². The molecule has 0 amide bonds. The van der Waals surface area contributed by atoms with E-state index >= 15 is 0 Å². The summed E-state index contributed by atoms with van der Waals surface area (Å²) in [6.07, 6.45) is 7.04. The molecule has 1 N–H and O–H groups in total. The number of sulfone groups is 1. The summed E-state index contributed by atoms with van der Waals surface area (Å²) in [4.78, 5) is 2.32. The topological polar surface area (TPSA) is 73.2 Å². The van der Waals surface area contributed by atoms with E-state index in [1.807, 2.05) is 0 Å². The quantitative estimate of drug-likeness (QED) is 0.844. The molecule has 0 radical (unpaired) electrons. The van der Waals surface area contributed by atoms with E-state index in [1.54, 1.807) is 0 Å². The highest BCUT2D eigenvalue weighted by molar-refractivity contribution is 7.91. The van der Waals surface area contributed by atoms with E-state index in [9.17, 15) is 13.7 Å². The van der Waals surface area contributed by atoms with Gasteiger partial charge in [0, 0.05) is 18.6 Å². The van der Waals surface area contributed by atoms with Gasteiger partial charge in [-0.3, -0.25) is 10.2 Å². The average Bonchev–Trinajstić information content (AvgIpc) is 3.27. The molecule has 3 fully saturated rings. The van der Waals surface area contributed by atoms with E-state index in [-0.39, 0.29) is 11.3 Å². The van der Waals surface area contributed by atoms with E-state index in [2.05, 4.69) is 16.3 Å². The molecule has 2 saturated carbocycles. The Labute approximate surface area is 127 Å². The largest absolute Gasteiger partial charge is 0.299 e. The minimum Gasteiger partial charge on any atom is -0.299 e. The van der Waals surface area contributed by atoms with Crippen LogP contribution < -0.4 is 5.32 Å². The summed E-state index contributed by atoms with van der Waals surface area (Å²) in [5.74, 6) is 0.596.